The molecule has 0 aliphatic heterocycles. The first-order valence-electron chi connectivity index (χ1n) is 17.8. The number of rotatable bonds is 12. The van der Waals surface area contributed by atoms with Crippen molar-refractivity contribution in [1.82, 2.24) is 0 Å². The lowest BCUT2D eigenvalue weighted by Gasteiger charge is -2.62. The number of fused-ring (bicyclic) bond motifs is 5. The number of halogens is 1. The van der Waals surface area contributed by atoms with Gasteiger partial charge in [-0.2, -0.15) is 0 Å². The molecule has 0 bridgehead atoms. The normalized spacial score (nSPS) is 37.9. The molecule has 4 heteroatoms. The van der Waals surface area contributed by atoms with Crippen LogP contribution in [0.2, 0.25) is 0 Å². The van der Waals surface area contributed by atoms with E-state index in [2.05, 4.69) is 80.9 Å². The predicted octanol–water partition coefficient (Wildman–Crippen LogP) is 10.7. The van der Waals surface area contributed by atoms with Crippen molar-refractivity contribution in [3.8, 4) is 0 Å². The van der Waals surface area contributed by atoms with Crippen molar-refractivity contribution in [3.63, 3.8) is 0 Å². The lowest BCUT2D eigenvalue weighted by atomic mass is 9.43. The maximum absolute atomic E-state index is 13.1. The first kappa shape index (κ1) is 33.1. The van der Waals surface area contributed by atoms with E-state index >= 15 is 0 Å². The van der Waals surface area contributed by atoms with Crippen LogP contribution in [0, 0.1) is 52.3 Å². The topological polar surface area (TPSA) is 35.5 Å². The van der Waals surface area contributed by atoms with Crippen LogP contribution in [0.3, 0.4) is 0 Å². The van der Waals surface area contributed by atoms with Crippen LogP contribution in [0.5, 0.6) is 0 Å². The van der Waals surface area contributed by atoms with Crippen LogP contribution < -0.4 is 0 Å². The maximum atomic E-state index is 13.1. The van der Waals surface area contributed by atoms with Gasteiger partial charge in [0.1, 0.15) is 6.10 Å². The van der Waals surface area contributed by atoms with E-state index in [0.29, 0.717) is 17.9 Å². The second-order valence-electron chi connectivity index (χ2n) is 15.8. The molecule has 0 radical (unpaired) electrons. The van der Waals surface area contributed by atoms with Gasteiger partial charge in [0.25, 0.3) is 0 Å². The van der Waals surface area contributed by atoms with Crippen LogP contribution in [-0.4, -0.2) is 24.0 Å². The number of hydrogen-bond donors (Lipinski definition) is 0. The van der Waals surface area contributed by atoms with E-state index in [-0.39, 0.29) is 23.4 Å². The zero-order valence-corrected chi connectivity index (χ0v) is 29.3. The molecule has 4 fully saturated rings. The summed E-state index contributed by atoms with van der Waals surface area (Å²) in [5, 5.41) is 0.895. The Bertz CT molecular complexity index is 1070. The number of alkyl halides is 1. The Labute approximate surface area is 271 Å². The van der Waals surface area contributed by atoms with Crippen LogP contribution in [0.15, 0.2) is 42.7 Å². The van der Waals surface area contributed by atoms with Gasteiger partial charge in [-0.05, 0) is 116 Å². The standard InChI is InChI=1S/C39H59BrO3/c1-27(2)11-9-12-28(3)33-17-18-34-31-16-15-30-25-32(29-13-7-6-8-14-29)36(43-37(41)20-24-42-23-10-22-40)26-39(30,5)35(31)19-21-38(33,34)4/h6-8,13-14,20,24,27-28,30-36H,9-12,15-19,21-23,25-26H2,1-5H3/b24-20+/t28-,30+,31+,32+,33-,34+,35+,36-,38-,39+/m1/s1. The summed E-state index contributed by atoms with van der Waals surface area (Å²) in [6, 6.07) is 10.9. The van der Waals surface area contributed by atoms with E-state index in [4.69, 9.17) is 9.47 Å². The van der Waals surface area contributed by atoms with Crippen molar-refractivity contribution in [1.29, 1.82) is 0 Å². The highest BCUT2D eigenvalue weighted by molar-refractivity contribution is 9.09. The van der Waals surface area contributed by atoms with Gasteiger partial charge in [-0.15, -0.1) is 0 Å². The van der Waals surface area contributed by atoms with E-state index in [1.807, 2.05) is 0 Å². The van der Waals surface area contributed by atoms with Crippen molar-refractivity contribution < 1.29 is 14.3 Å². The van der Waals surface area contributed by atoms with E-state index < -0.39 is 0 Å². The minimum atomic E-state index is -0.263. The highest BCUT2D eigenvalue weighted by atomic mass is 79.9. The largest absolute Gasteiger partial charge is 0.501 e. The molecule has 4 aliphatic rings. The van der Waals surface area contributed by atoms with Crippen LogP contribution in [-0.2, 0) is 14.3 Å². The highest BCUT2D eigenvalue weighted by Crippen LogP contribution is 2.69. The van der Waals surface area contributed by atoms with Crippen LogP contribution in [0.4, 0.5) is 0 Å². The number of esters is 1. The molecule has 3 nitrogen and oxygen atoms in total. The molecule has 0 heterocycles. The Morgan fingerprint density at radius 2 is 1.74 bits per heavy atom. The van der Waals surface area contributed by atoms with Crippen molar-refractivity contribution in [2.45, 2.75) is 124 Å². The Morgan fingerprint density at radius 1 is 0.977 bits per heavy atom. The van der Waals surface area contributed by atoms with Gasteiger partial charge in [0.05, 0.1) is 18.9 Å². The molecule has 0 unspecified atom stereocenters. The lowest BCUT2D eigenvalue weighted by molar-refractivity contribution is -0.164. The Hall–Kier alpha value is -1.29. The summed E-state index contributed by atoms with van der Waals surface area (Å²) in [5.41, 5.74) is 2.06. The van der Waals surface area contributed by atoms with Gasteiger partial charge in [-0.1, -0.05) is 100 Å². The van der Waals surface area contributed by atoms with Crippen molar-refractivity contribution in [3.05, 3.63) is 48.2 Å². The summed E-state index contributed by atoms with van der Waals surface area (Å²) in [7, 11) is 0. The monoisotopic (exact) mass is 654 g/mol. The summed E-state index contributed by atoms with van der Waals surface area (Å²) in [6.45, 7) is 13.2. The molecule has 43 heavy (non-hydrogen) atoms. The average molecular weight is 656 g/mol. The van der Waals surface area contributed by atoms with E-state index in [0.717, 1.165) is 60.1 Å². The average Bonchev–Trinajstić information content (AvgIpc) is 3.34. The minimum Gasteiger partial charge on any atom is -0.501 e. The van der Waals surface area contributed by atoms with E-state index in [1.54, 1.807) is 0 Å². The summed E-state index contributed by atoms with van der Waals surface area (Å²) in [6.07, 6.45) is 18.5. The molecular formula is C39H59BrO3. The van der Waals surface area contributed by atoms with Gasteiger partial charge in [-0.3, -0.25) is 0 Å². The molecule has 0 spiro atoms. The second kappa shape index (κ2) is 14.4. The van der Waals surface area contributed by atoms with Gasteiger partial charge in [-0.25, -0.2) is 4.79 Å². The third-order valence-electron chi connectivity index (χ3n) is 13.1. The lowest BCUT2D eigenvalue weighted by Crippen LogP contribution is -2.56. The van der Waals surface area contributed by atoms with Crippen LogP contribution in [0.25, 0.3) is 0 Å². The number of ether oxygens (including phenoxy) is 2. The number of benzene rings is 1. The van der Waals surface area contributed by atoms with Crippen molar-refractivity contribution in [2.75, 3.05) is 11.9 Å². The molecule has 0 N–H and O–H groups in total. The zero-order chi connectivity index (χ0) is 30.6. The Kier molecular flexibility index (Phi) is 11.1. The molecule has 10 atom stereocenters. The fourth-order valence-electron chi connectivity index (χ4n) is 11.0. The molecule has 0 aromatic heterocycles. The van der Waals surface area contributed by atoms with E-state index in [1.165, 1.54) is 75.7 Å². The first-order chi connectivity index (χ1) is 20.7. The fourth-order valence-corrected chi connectivity index (χ4v) is 11.2. The Morgan fingerprint density at radius 3 is 2.49 bits per heavy atom. The van der Waals surface area contributed by atoms with Crippen molar-refractivity contribution >= 4 is 21.9 Å². The SMILES string of the molecule is CC(C)CCC[C@@H](C)[C@H]1CC[C@H]2[C@@H]3CC[C@H]4C[C@@H](c5ccccc5)[C@H](OC(=O)/C=C/OCCCBr)C[C@]4(C)[C@H]3CC[C@]12C. The molecule has 1 aromatic carbocycles. The van der Waals surface area contributed by atoms with Gasteiger partial charge >= 0.3 is 5.97 Å². The van der Waals surface area contributed by atoms with Crippen molar-refractivity contribution in [2.24, 2.45) is 52.3 Å². The van der Waals surface area contributed by atoms with Gasteiger partial charge in [0.2, 0.25) is 0 Å². The Balaban J connectivity index is 1.31. The molecule has 1 aromatic rings. The molecule has 4 aliphatic carbocycles. The third-order valence-corrected chi connectivity index (χ3v) is 13.6. The fraction of sp³-hybridized carbons (Fsp3) is 0.769. The smallest absolute Gasteiger partial charge is 0.334 e. The number of carbonyl (C=O) groups excluding carboxylic acids is 1. The second-order valence-corrected chi connectivity index (χ2v) is 16.6. The number of hydrogen-bond acceptors (Lipinski definition) is 3. The van der Waals surface area contributed by atoms with Gasteiger partial charge in [0, 0.05) is 11.2 Å². The summed E-state index contributed by atoms with van der Waals surface area (Å²) in [5.74, 6) is 5.71. The third kappa shape index (κ3) is 7.10. The molecule has 0 saturated heterocycles. The van der Waals surface area contributed by atoms with E-state index in [9.17, 15) is 4.79 Å². The van der Waals surface area contributed by atoms with Crippen LogP contribution >= 0.6 is 15.9 Å². The quantitative estimate of drug-likeness (QED) is 0.0739. The van der Waals surface area contributed by atoms with Gasteiger partial charge in [0.15, 0.2) is 0 Å². The minimum absolute atomic E-state index is 0.0901. The zero-order valence-electron chi connectivity index (χ0n) is 27.7. The highest BCUT2D eigenvalue weighted by Gasteiger charge is 2.61. The predicted molar refractivity (Wildman–Crippen MR) is 181 cm³/mol. The molecule has 4 saturated carbocycles. The molecule has 240 valence electrons. The molecule has 5 rings (SSSR count). The summed E-state index contributed by atoms with van der Waals surface area (Å²) < 4.78 is 11.9. The first-order valence-corrected chi connectivity index (χ1v) is 18.9. The molecule has 0 amide bonds. The summed E-state index contributed by atoms with van der Waals surface area (Å²) in [4.78, 5) is 13.1. The molecular weight excluding hydrogens is 596 g/mol. The van der Waals surface area contributed by atoms with Gasteiger partial charge < -0.3 is 9.47 Å². The number of carbonyl (C=O) groups is 1. The summed E-state index contributed by atoms with van der Waals surface area (Å²) >= 11 is 3.43. The van der Waals surface area contributed by atoms with Crippen LogP contribution in [0.1, 0.15) is 123 Å². The maximum Gasteiger partial charge on any atom is 0.334 e.